The van der Waals surface area contributed by atoms with Crippen molar-refractivity contribution >= 4 is 5.97 Å². The highest BCUT2D eigenvalue weighted by Gasteiger charge is 2.50. The first-order valence-electron chi connectivity index (χ1n) is 3.82. The van der Waals surface area contributed by atoms with Gasteiger partial charge in [0, 0.05) is 13.1 Å². The van der Waals surface area contributed by atoms with Gasteiger partial charge in [0.05, 0.1) is 5.92 Å². The average molecular weight is 159 g/mol. The standard InChI is InChI=1S/C7H10FNO2/c8-9-2-4-1-5(3-9)6(4)7(10)11/h4-6H,1-3H2,(H,10,11). The normalized spacial score (nSPS) is 43.2. The van der Waals surface area contributed by atoms with Gasteiger partial charge in [-0.25, -0.2) is 0 Å². The maximum atomic E-state index is 12.5. The molecule has 2 aliphatic heterocycles. The van der Waals surface area contributed by atoms with Gasteiger partial charge in [-0.2, -0.15) is 0 Å². The highest BCUT2D eigenvalue weighted by Crippen LogP contribution is 2.45. The van der Waals surface area contributed by atoms with Gasteiger partial charge in [0.1, 0.15) is 0 Å². The van der Waals surface area contributed by atoms with Crippen molar-refractivity contribution in [3.63, 3.8) is 0 Å². The van der Waals surface area contributed by atoms with Gasteiger partial charge in [0.2, 0.25) is 0 Å². The Bertz CT molecular complexity index is 185. The Morgan fingerprint density at radius 1 is 1.45 bits per heavy atom. The van der Waals surface area contributed by atoms with Crippen LogP contribution in [0.2, 0.25) is 0 Å². The first-order valence-corrected chi connectivity index (χ1v) is 3.82. The van der Waals surface area contributed by atoms with Crippen LogP contribution in [0, 0.1) is 17.8 Å². The third kappa shape index (κ3) is 0.929. The van der Waals surface area contributed by atoms with Crippen molar-refractivity contribution in [2.75, 3.05) is 13.1 Å². The van der Waals surface area contributed by atoms with Gasteiger partial charge in [-0.1, -0.05) is 0 Å². The van der Waals surface area contributed by atoms with E-state index >= 15 is 0 Å². The lowest BCUT2D eigenvalue weighted by Gasteiger charge is -2.48. The molecule has 1 N–H and O–H groups in total. The molecule has 3 aliphatic rings. The topological polar surface area (TPSA) is 40.5 Å². The highest BCUT2D eigenvalue weighted by molar-refractivity contribution is 5.72. The number of nitrogens with zero attached hydrogens (tertiary/aromatic N) is 1. The van der Waals surface area contributed by atoms with E-state index in [9.17, 15) is 9.28 Å². The molecule has 62 valence electrons. The van der Waals surface area contributed by atoms with Crippen LogP contribution in [0.3, 0.4) is 0 Å². The van der Waals surface area contributed by atoms with Crippen LogP contribution in [0.1, 0.15) is 6.42 Å². The molecule has 0 radical (unpaired) electrons. The molecule has 3 fully saturated rings. The summed E-state index contributed by atoms with van der Waals surface area (Å²) in [7, 11) is 0. The second-order valence-corrected chi connectivity index (χ2v) is 3.45. The number of rotatable bonds is 1. The number of carboxylic acid groups (broad SMARTS) is 1. The van der Waals surface area contributed by atoms with Gasteiger partial charge >= 0.3 is 5.97 Å². The maximum Gasteiger partial charge on any atom is 0.307 e. The van der Waals surface area contributed by atoms with Gasteiger partial charge in [-0.3, -0.25) is 4.79 Å². The van der Waals surface area contributed by atoms with Gasteiger partial charge < -0.3 is 5.11 Å². The van der Waals surface area contributed by atoms with Crippen LogP contribution in [-0.2, 0) is 4.79 Å². The van der Waals surface area contributed by atoms with Crippen molar-refractivity contribution in [2.24, 2.45) is 17.8 Å². The number of piperidine rings is 2. The Morgan fingerprint density at radius 3 is 2.45 bits per heavy atom. The monoisotopic (exact) mass is 159 g/mol. The van der Waals surface area contributed by atoms with Crippen LogP contribution in [0.25, 0.3) is 0 Å². The minimum Gasteiger partial charge on any atom is -0.481 e. The number of fused-ring (bicyclic) bond motifs is 2. The fourth-order valence-corrected chi connectivity index (χ4v) is 2.23. The van der Waals surface area contributed by atoms with Gasteiger partial charge in [-0.15, -0.1) is 9.60 Å². The lowest BCUT2D eigenvalue weighted by atomic mass is 9.62. The molecule has 1 saturated carbocycles. The zero-order valence-corrected chi connectivity index (χ0v) is 6.03. The largest absolute Gasteiger partial charge is 0.481 e. The number of hydrogen-bond donors (Lipinski definition) is 1. The molecule has 2 atom stereocenters. The molecule has 2 unspecified atom stereocenters. The lowest BCUT2D eigenvalue weighted by Crippen LogP contribution is -2.55. The summed E-state index contributed by atoms with van der Waals surface area (Å²) >= 11 is 0. The van der Waals surface area contributed by atoms with Crippen LogP contribution in [0.5, 0.6) is 0 Å². The van der Waals surface area contributed by atoms with E-state index in [4.69, 9.17) is 5.11 Å². The predicted molar refractivity (Wildman–Crippen MR) is 35.4 cm³/mol. The molecule has 0 aromatic carbocycles. The molecule has 0 aromatic heterocycles. The predicted octanol–water partition coefficient (Wildman–Crippen LogP) is 0.523. The second-order valence-electron chi connectivity index (χ2n) is 3.45. The second kappa shape index (κ2) is 2.17. The molecule has 4 heteroatoms. The number of halogens is 1. The maximum absolute atomic E-state index is 12.5. The van der Waals surface area contributed by atoms with E-state index in [0.29, 0.717) is 13.1 Å². The molecule has 2 bridgehead atoms. The van der Waals surface area contributed by atoms with Crippen molar-refractivity contribution in [1.29, 1.82) is 0 Å². The van der Waals surface area contributed by atoms with Crippen molar-refractivity contribution < 1.29 is 14.4 Å². The number of hydrogen-bond acceptors (Lipinski definition) is 2. The van der Waals surface area contributed by atoms with Gasteiger partial charge in [-0.05, 0) is 18.3 Å². The van der Waals surface area contributed by atoms with Crippen molar-refractivity contribution in [2.45, 2.75) is 6.42 Å². The molecule has 0 amide bonds. The Hall–Kier alpha value is -0.640. The molecule has 11 heavy (non-hydrogen) atoms. The first-order chi connectivity index (χ1) is 5.18. The van der Waals surface area contributed by atoms with Gasteiger partial charge in [0.15, 0.2) is 0 Å². The van der Waals surface area contributed by atoms with E-state index < -0.39 is 5.97 Å². The molecule has 2 heterocycles. The van der Waals surface area contributed by atoms with Gasteiger partial charge in [0.25, 0.3) is 0 Å². The minimum absolute atomic E-state index is 0.0660. The molecule has 3 nitrogen and oxygen atoms in total. The number of carboxylic acids is 1. The number of aliphatic carboxylic acids is 1. The summed E-state index contributed by atoms with van der Waals surface area (Å²) in [6, 6.07) is 0. The lowest BCUT2D eigenvalue weighted by molar-refractivity contribution is -0.172. The van der Waals surface area contributed by atoms with E-state index in [1.165, 1.54) is 0 Å². The average Bonchev–Trinajstić information content (AvgIpc) is 1.84. The zero-order valence-electron chi connectivity index (χ0n) is 6.03. The van der Waals surface area contributed by atoms with E-state index in [1.54, 1.807) is 0 Å². The summed E-state index contributed by atoms with van der Waals surface area (Å²) in [6.45, 7) is 0.626. The van der Waals surface area contributed by atoms with E-state index in [-0.39, 0.29) is 17.8 Å². The molecule has 1 aliphatic carbocycles. The smallest absolute Gasteiger partial charge is 0.307 e. The quantitative estimate of drug-likeness (QED) is 0.567. The Morgan fingerprint density at radius 2 is 2.00 bits per heavy atom. The van der Waals surface area contributed by atoms with E-state index in [0.717, 1.165) is 11.5 Å². The van der Waals surface area contributed by atoms with E-state index in [1.807, 2.05) is 0 Å². The minimum atomic E-state index is -0.751. The molecule has 3 rings (SSSR count). The Labute approximate surface area is 63.7 Å². The molecular weight excluding hydrogens is 149 g/mol. The number of carbonyl (C=O) groups is 1. The first kappa shape index (κ1) is 7.03. The SMILES string of the molecule is O=C(O)C1C2CC1CN(F)C2. The summed E-state index contributed by atoms with van der Waals surface area (Å²) < 4.78 is 12.5. The molecular formula is C7H10FNO2. The Kier molecular flexibility index (Phi) is 1.39. The van der Waals surface area contributed by atoms with Crippen molar-refractivity contribution in [3.05, 3.63) is 0 Å². The van der Waals surface area contributed by atoms with Crippen molar-refractivity contribution in [1.82, 2.24) is 5.12 Å². The van der Waals surface area contributed by atoms with E-state index in [2.05, 4.69) is 0 Å². The zero-order chi connectivity index (χ0) is 8.01. The van der Waals surface area contributed by atoms with Crippen LogP contribution in [0.4, 0.5) is 4.48 Å². The van der Waals surface area contributed by atoms with Crippen LogP contribution in [0.15, 0.2) is 0 Å². The summed E-state index contributed by atoms with van der Waals surface area (Å²) in [4.78, 5) is 10.6. The van der Waals surface area contributed by atoms with Crippen molar-refractivity contribution in [3.8, 4) is 0 Å². The van der Waals surface area contributed by atoms with Crippen LogP contribution in [-0.4, -0.2) is 29.3 Å². The summed E-state index contributed by atoms with van der Waals surface area (Å²) in [5, 5.41) is 9.42. The van der Waals surface area contributed by atoms with Crippen LogP contribution >= 0.6 is 0 Å². The third-order valence-corrected chi connectivity index (χ3v) is 2.77. The third-order valence-electron chi connectivity index (χ3n) is 2.77. The van der Waals surface area contributed by atoms with Crippen LogP contribution < -0.4 is 0 Å². The molecule has 0 spiro atoms. The summed E-state index contributed by atoms with van der Waals surface area (Å²) in [5.41, 5.74) is 0. The summed E-state index contributed by atoms with van der Waals surface area (Å²) in [5.74, 6) is -0.881. The fourth-order valence-electron chi connectivity index (χ4n) is 2.23. The highest BCUT2D eigenvalue weighted by atomic mass is 19.2. The molecule has 0 aromatic rings. The Balaban J connectivity index is 2.04. The molecule has 2 saturated heterocycles. The fraction of sp³-hybridized carbons (Fsp3) is 0.857. The summed E-state index contributed by atoms with van der Waals surface area (Å²) in [6.07, 6.45) is 0.900.